The molecule has 0 aliphatic carbocycles. The third-order valence-corrected chi connectivity index (χ3v) is 2.79. The number of hydrogen-bond donors (Lipinski definition) is 0. The lowest BCUT2D eigenvalue weighted by atomic mass is 10.0. The van der Waals surface area contributed by atoms with Crippen molar-refractivity contribution >= 4 is 5.78 Å². The second-order valence-electron chi connectivity index (χ2n) is 4.89. The molecule has 0 N–H and O–H groups in total. The van der Waals surface area contributed by atoms with Gasteiger partial charge in [0.05, 0.1) is 0 Å². The second kappa shape index (κ2) is 14.0. The average Bonchev–Trinajstić information content (AvgIpc) is 2.41. The van der Waals surface area contributed by atoms with E-state index >= 15 is 0 Å². The fourth-order valence-corrected chi connectivity index (χ4v) is 0.635. The van der Waals surface area contributed by atoms with Crippen LogP contribution in [0.5, 0.6) is 0 Å². The van der Waals surface area contributed by atoms with E-state index in [0.29, 0.717) is 18.6 Å². The molecule has 0 saturated heterocycles. The lowest BCUT2D eigenvalue weighted by Gasteiger charge is -2.05. The smallest absolute Gasteiger partial charge is 0.132 e. The quantitative estimate of drug-likeness (QED) is 0.705. The van der Waals surface area contributed by atoms with Crippen LogP contribution in [0.15, 0.2) is 36.4 Å². The highest BCUT2D eigenvalue weighted by molar-refractivity contribution is 5.77. The van der Waals surface area contributed by atoms with Gasteiger partial charge >= 0.3 is 0 Å². The molecule has 1 heteroatoms. The van der Waals surface area contributed by atoms with E-state index in [2.05, 4.69) is 27.7 Å². The molecule has 1 nitrogen and oxygen atoms in total. The minimum absolute atomic E-state index is 0.343. The van der Waals surface area contributed by atoms with Crippen LogP contribution in [0.25, 0.3) is 0 Å². The van der Waals surface area contributed by atoms with Gasteiger partial charge in [-0.2, -0.15) is 0 Å². The van der Waals surface area contributed by atoms with Crippen LogP contribution in [-0.4, -0.2) is 5.78 Å². The summed E-state index contributed by atoms with van der Waals surface area (Å²) in [6.45, 7) is 12.7. The zero-order valence-corrected chi connectivity index (χ0v) is 12.9. The first kappa shape index (κ1) is 19.2. The van der Waals surface area contributed by atoms with Crippen molar-refractivity contribution in [2.45, 2.75) is 54.4 Å². The minimum atomic E-state index is 0.343. The predicted molar refractivity (Wildman–Crippen MR) is 81.7 cm³/mol. The SMILES string of the molecule is CC(C)C(C)C.CCC(=O)CC.c1ccccc1. The molecule has 1 rings (SSSR count). The Balaban J connectivity index is 0. The van der Waals surface area contributed by atoms with E-state index in [9.17, 15) is 4.79 Å². The first-order valence-corrected chi connectivity index (χ1v) is 6.97. The van der Waals surface area contributed by atoms with Gasteiger partial charge < -0.3 is 0 Å². The molecule has 18 heavy (non-hydrogen) atoms. The van der Waals surface area contributed by atoms with E-state index in [1.54, 1.807) is 0 Å². The van der Waals surface area contributed by atoms with E-state index in [0.717, 1.165) is 11.8 Å². The molecule has 0 saturated carbocycles. The Morgan fingerprint density at radius 1 is 0.722 bits per heavy atom. The van der Waals surface area contributed by atoms with E-state index in [4.69, 9.17) is 0 Å². The normalized spacial score (nSPS) is 9.11. The van der Waals surface area contributed by atoms with Crippen LogP contribution in [0, 0.1) is 11.8 Å². The molecule has 0 unspecified atom stereocenters. The van der Waals surface area contributed by atoms with Gasteiger partial charge in [0, 0.05) is 12.8 Å². The highest BCUT2D eigenvalue weighted by Crippen LogP contribution is 2.05. The topological polar surface area (TPSA) is 17.1 Å². The van der Waals surface area contributed by atoms with E-state index in [1.807, 2.05) is 50.2 Å². The maximum absolute atomic E-state index is 10.2. The Labute approximate surface area is 114 Å². The third-order valence-electron chi connectivity index (χ3n) is 2.79. The summed E-state index contributed by atoms with van der Waals surface area (Å²) in [6.07, 6.45) is 1.38. The van der Waals surface area contributed by atoms with Crippen LogP contribution in [0.4, 0.5) is 0 Å². The predicted octanol–water partition coefficient (Wildman–Crippen LogP) is 5.36. The molecular weight excluding hydrogens is 220 g/mol. The molecule has 0 atom stereocenters. The zero-order valence-electron chi connectivity index (χ0n) is 12.9. The molecule has 0 aliphatic rings. The molecule has 0 aromatic heterocycles. The monoisotopic (exact) mass is 250 g/mol. The maximum Gasteiger partial charge on any atom is 0.132 e. The fraction of sp³-hybridized carbons (Fsp3) is 0.588. The van der Waals surface area contributed by atoms with Gasteiger partial charge in [-0.3, -0.25) is 4.79 Å². The highest BCUT2D eigenvalue weighted by atomic mass is 16.1. The second-order valence-corrected chi connectivity index (χ2v) is 4.89. The Kier molecular flexibility index (Phi) is 14.9. The van der Waals surface area contributed by atoms with Gasteiger partial charge in [0.2, 0.25) is 0 Å². The number of ketones is 1. The van der Waals surface area contributed by atoms with Crippen molar-refractivity contribution in [3.05, 3.63) is 36.4 Å². The van der Waals surface area contributed by atoms with Gasteiger partial charge in [-0.1, -0.05) is 77.9 Å². The van der Waals surface area contributed by atoms with Gasteiger partial charge in [-0.25, -0.2) is 0 Å². The number of hydrogen-bond acceptors (Lipinski definition) is 1. The zero-order chi connectivity index (χ0) is 14.4. The molecule has 0 aliphatic heterocycles. The molecule has 1 aromatic carbocycles. The summed E-state index contributed by atoms with van der Waals surface area (Å²) >= 11 is 0. The molecule has 0 amide bonds. The van der Waals surface area contributed by atoms with Crippen molar-refractivity contribution in [2.75, 3.05) is 0 Å². The Hall–Kier alpha value is -1.11. The van der Waals surface area contributed by atoms with Crippen molar-refractivity contribution < 1.29 is 4.79 Å². The summed E-state index contributed by atoms with van der Waals surface area (Å²) in [5, 5.41) is 0. The number of carbonyl (C=O) groups is 1. The van der Waals surface area contributed by atoms with E-state index in [-0.39, 0.29) is 0 Å². The summed E-state index contributed by atoms with van der Waals surface area (Å²) in [5.41, 5.74) is 0. The first-order valence-electron chi connectivity index (χ1n) is 6.97. The van der Waals surface area contributed by atoms with Crippen LogP contribution in [0.2, 0.25) is 0 Å². The van der Waals surface area contributed by atoms with Crippen molar-refractivity contribution in [1.82, 2.24) is 0 Å². The lowest BCUT2D eigenvalue weighted by Crippen LogP contribution is -1.95. The van der Waals surface area contributed by atoms with Crippen LogP contribution in [0.1, 0.15) is 54.4 Å². The molecule has 0 radical (unpaired) electrons. The Bertz CT molecular complexity index is 223. The van der Waals surface area contributed by atoms with Crippen molar-refractivity contribution in [3.8, 4) is 0 Å². The number of benzene rings is 1. The summed E-state index contributed by atoms with van der Waals surface area (Å²) in [6, 6.07) is 12.0. The largest absolute Gasteiger partial charge is 0.300 e. The van der Waals surface area contributed by atoms with E-state index < -0.39 is 0 Å². The standard InChI is InChI=1S/C6H6.C6H14.C5H10O/c1-2-4-6-5-3-1;1-5(2)6(3)4;1-3-5(6)4-2/h1-6H;5-6H,1-4H3;3-4H2,1-2H3. The van der Waals surface area contributed by atoms with Gasteiger partial charge in [0.1, 0.15) is 5.78 Å². The van der Waals surface area contributed by atoms with Crippen molar-refractivity contribution in [3.63, 3.8) is 0 Å². The average molecular weight is 250 g/mol. The Morgan fingerprint density at radius 2 is 0.944 bits per heavy atom. The highest BCUT2D eigenvalue weighted by Gasteiger charge is 1.95. The molecular formula is C17H30O. The summed E-state index contributed by atoms with van der Waals surface area (Å²) in [5.74, 6) is 2.05. The van der Waals surface area contributed by atoms with Gasteiger partial charge in [-0.05, 0) is 11.8 Å². The number of carbonyl (C=O) groups excluding carboxylic acids is 1. The Morgan fingerprint density at radius 3 is 1.00 bits per heavy atom. The summed E-state index contributed by atoms with van der Waals surface area (Å²) < 4.78 is 0. The lowest BCUT2D eigenvalue weighted by molar-refractivity contribution is -0.118. The third kappa shape index (κ3) is 17.3. The summed E-state index contributed by atoms with van der Waals surface area (Å²) in [7, 11) is 0. The minimum Gasteiger partial charge on any atom is -0.300 e. The molecule has 0 spiro atoms. The molecule has 0 bridgehead atoms. The van der Waals surface area contributed by atoms with Gasteiger partial charge in [0.25, 0.3) is 0 Å². The molecule has 0 heterocycles. The summed E-state index contributed by atoms with van der Waals surface area (Å²) in [4.78, 5) is 10.2. The molecule has 0 fully saturated rings. The molecule has 1 aromatic rings. The van der Waals surface area contributed by atoms with Gasteiger partial charge in [0.15, 0.2) is 0 Å². The van der Waals surface area contributed by atoms with E-state index in [1.165, 1.54) is 0 Å². The van der Waals surface area contributed by atoms with Crippen LogP contribution < -0.4 is 0 Å². The maximum atomic E-state index is 10.2. The van der Waals surface area contributed by atoms with Crippen LogP contribution in [0.3, 0.4) is 0 Å². The van der Waals surface area contributed by atoms with Crippen molar-refractivity contribution in [2.24, 2.45) is 11.8 Å². The number of rotatable bonds is 3. The van der Waals surface area contributed by atoms with Crippen molar-refractivity contribution in [1.29, 1.82) is 0 Å². The van der Waals surface area contributed by atoms with Crippen LogP contribution in [-0.2, 0) is 4.79 Å². The fourth-order valence-electron chi connectivity index (χ4n) is 0.635. The molecule has 104 valence electrons. The number of Topliss-reactive ketones (excluding diaryl/α,β-unsaturated/α-hetero) is 1. The van der Waals surface area contributed by atoms with Crippen LogP contribution >= 0.6 is 0 Å². The van der Waals surface area contributed by atoms with Gasteiger partial charge in [-0.15, -0.1) is 0 Å². The first-order chi connectivity index (χ1) is 8.45.